The summed E-state index contributed by atoms with van der Waals surface area (Å²) in [5.41, 5.74) is 0. The molecule has 0 radical (unpaired) electrons. The fourth-order valence-corrected chi connectivity index (χ4v) is 4.37. The molecule has 0 aromatic carbocycles. The molecule has 1 amide bonds. The van der Waals surface area contributed by atoms with E-state index in [9.17, 15) is 14.9 Å². The average Bonchev–Trinajstić information content (AvgIpc) is 3.39. The van der Waals surface area contributed by atoms with E-state index in [2.05, 4.69) is 20.6 Å². The van der Waals surface area contributed by atoms with Crippen LogP contribution in [-0.4, -0.2) is 36.8 Å². The van der Waals surface area contributed by atoms with Gasteiger partial charge in [-0.2, -0.15) is 9.67 Å². The Morgan fingerprint density at radius 3 is 3.00 bits per heavy atom. The van der Waals surface area contributed by atoms with Crippen LogP contribution in [0.4, 0.5) is 5.82 Å². The number of carbonyl (C=O) groups is 1. The molecule has 2 fully saturated rings. The number of rotatable bonds is 6. The molecule has 10 nitrogen and oxygen atoms in total. The van der Waals surface area contributed by atoms with Gasteiger partial charge in [0.1, 0.15) is 6.54 Å². The molecule has 4 atom stereocenters. The number of amides is 1. The average molecular weight is 360 g/mol. The minimum absolute atomic E-state index is 0.0712. The van der Waals surface area contributed by atoms with E-state index in [0.29, 0.717) is 11.8 Å². The van der Waals surface area contributed by atoms with Crippen LogP contribution in [0.5, 0.6) is 0 Å². The predicted molar refractivity (Wildman–Crippen MR) is 88.1 cm³/mol. The SMILES string of the molecule is C[C@H](NC(=O)c1nc(Cn2ccc([N+](=O)[O-])n2)no1)[C@@H]1C[C@@H]2CC[C@@H]1C2. The molecule has 0 unspecified atom stereocenters. The maximum atomic E-state index is 12.4. The number of fused-ring (bicyclic) bond motifs is 2. The van der Waals surface area contributed by atoms with Crippen molar-refractivity contribution in [2.45, 2.75) is 45.2 Å². The van der Waals surface area contributed by atoms with Crippen LogP contribution in [-0.2, 0) is 6.54 Å². The third kappa shape index (κ3) is 3.18. The number of aromatic nitrogens is 4. The molecule has 2 aliphatic carbocycles. The number of nitrogens with one attached hydrogen (secondary N) is 1. The second-order valence-corrected chi connectivity index (χ2v) is 7.25. The van der Waals surface area contributed by atoms with Crippen LogP contribution in [0.25, 0.3) is 0 Å². The van der Waals surface area contributed by atoms with Crippen molar-refractivity contribution in [3.05, 3.63) is 34.1 Å². The smallest absolute Gasteiger partial charge is 0.358 e. The summed E-state index contributed by atoms with van der Waals surface area (Å²) < 4.78 is 6.35. The molecule has 2 saturated carbocycles. The van der Waals surface area contributed by atoms with Crippen LogP contribution >= 0.6 is 0 Å². The standard InChI is InChI=1S/C16H20N6O4/c1-9(12-7-10-2-3-11(12)6-10)17-15(23)16-18-13(20-26-16)8-21-5-4-14(19-21)22(24)25/h4-5,9-12H,2-3,6-8H2,1H3,(H,17,23)/t9-,10+,11+,12-/m0/s1. The van der Waals surface area contributed by atoms with Gasteiger partial charge >= 0.3 is 17.6 Å². The molecule has 0 spiro atoms. The molecule has 2 bridgehead atoms. The van der Waals surface area contributed by atoms with Gasteiger partial charge in [0.15, 0.2) is 5.82 Å². The van der Waals surface area contributed by atoms with Crippen molar-refractivity contribution in [2.75, 3.05) is 0 Å². The molecule has 0 aliphatic heterocycles. The quantitative estimate of drug-likeness (QED) is 0.614. The Balaban J connectivity index is 1.36. The van der Waals surface area contributed by atoms with E-state index < -0.39 is 4.92 Å². The van der Waals surface area contributed by atoms with E-state index in [-0.39, 0.29) is 36.0 Å². The fourth-order valence-electron chi connectivity index (χ4n) is 4.37. The summed E-state index contributed by atoms with van der Waals surface area (Å²) in [5, 5.41) is 21.1. The highest BCUT2D eigenvalue weighted by Gasteiger charge is 2.42. The third-order valence-corrected chi connectivity index (χ3v) is 5.57. The van der Waals surface area contributed by atoms with Crippen molar-refractivity contribution < 1.29 is 14.2 Å². The number of hydrogen-bond acceptors (Lipinski definition) is 7. The van der Waals surface area contributed by atoms with Gasteiger partial charge in [-0.3, -0.25) is 4.79 Å². The van der Waals surface area contributed by atoms with Crippen LogP contribution in [0.15, 0.2) is 16.8 Å². The first kappa shape index (κ1) is 16.7. The molecule has 0 saturated heterocycles. The lowest BCUT2D eigenvalue weighted by Crippen LogP contribution is -2.40. The maximum Gasteiger partial charge on any atom is 0.389 e. The summed E-state index contributed by atoms with van der Waals surface area (Å²) in [5.74, 6) is 1.54. The van der Waals surface area contributed by atoms with Crippen LogP contribution in [0, 0.1) is 27.9 Å². The number of carbonyl (C=O) groups excluding carboxylic acids is 1. The highest BCUT2D eigenvalue weighted by molar-refractivity contribution is 5.89. The van der Waals surface area contributed by atoms with Gasteiger partial charge in [0.05, 0.1) is 17.4 Å². The van der Waals surface area contributed by atoms with E-state index >= 15 is 0 Å². The minimum atomic E-state index is -0.581. The number of nitrogens with zero attached hydrogens (tertiary/aromatic N) is 5. The topological polar surface area (TPSA) is 129 Å². The molecule has 4 rings (SSSR count). The highest BCUT2D eigenvalue weighted by Crippen LogP contribution is 2.49. The first-order chi connectivity index (χ1) is 12.5. The van der Waals surface area contributed by atoms with Gasteiger partial charge in [0, 0.05) is 6.04 Å². The zero-order chi connectivity index (χ0) is 18.3. The van der Waals surface area contributed by atoms with Gasteiger partial charge in [-0.05, 0) is 48.9 Å². The van der Waals surface area contributed by atoms with Gasteiger partial charge in [0.25, 0.3) is 0 Å². The second kappa shape index (κ2) is 6.50. The molecule has 1 N–H and O–H groups in total. The summed E-state index contributed by atoms with van der Waals surface area (Å²) >= 11 is 0. The zero-order valence-corrected chi connectivity index (χ0v) is 14.4. The fraction of sp³-hybridized carbons (Fsp3) is 0.625. The predicted octanol–water partition coefficient (Wildman–Crippen LogP) is 1.78. The van der Waals surface area contributed by atoms with E-state index in [1.165, 1.54) is 42.6 Å². The summed E-state index contributed by atoms with van der Waals surface area (Å²) in [7, 11) is 0. The van der Waals surface area contributed by atoms with Crippen molar-refractivity contribution in [1.29, 1.82) is 0 Å². The van der Waals surface area contributed by atoms with Crippen molar-refractivity contribution in [3.63, 3.8) is 0 Å². The second-order valence-electron chi connectivity index (χ2n) is 7.25. The maximum absolute atomic E-state index is 12.4. The first-order valence-electron chi connectivity index (χ1n) is 8.81. The van der Waals surface area contributed by atoms with Crippen molar-refractivity contribution >= 4 is 11.7 Å². The summed E-state index contributed by atoms with van der Waals surface area (Å²) in [6.07, 6.45) is 6.49. The Labute approximate surface area is 149 Å². The Bertz CT molecular complexity index is 830. The molecule has 2 aromatic rings. The van der Waals surface area contributed by atoms with Crippen LogP contribution in [0.3, 0.4) is 0 Å². The lowest BCUT2D eigenvalue weighted by Gasteiger charge is -2.28. The number of nitro groups is 1. The van der Waals surface area contributed by atoms with Gasteiger partial charge in [0.2, 0.25) is 0 Å². The van der Waals surface area contributed by atoms with Crippen LogP contribution in [0.2, 0.25) is 0 Å². The van der Waals surface area contributed by atoms with E-state index in [0.717, 1.165) is 5.92 Å². The Morgan fingerprint density at radius 1 is 1.50 bits per heavy atom. The van der Waals surface area contributed by atoms with E-state index in [1.54, 1.807) is 0 Å². The van der Waals surface area contributed by atoms with Crippen LogP contribution in [0.1, 0.15) is 49.1 Å². The Hall–Kier alpha value is -2.78. The molecule has 10 heteroatoms. The minimum Gasteiger partial charge on any atom is -0.358 e. The van der Waals surface area contributed by atoms with E-state index in [1.807, 2.05) is 6.92 Å². The highest BCUT2D eigenvalue weighted by atomic mass is 16.6. The van der Waals surface area contributed by atoms with Crippen molar-refractivity contribution in [1.82, 2.24) is 25.2 Å². The lowest BCUT2D eigenvalue weighted by atomic mass is 9.84. The zero-order valence-electron chi connectivity index (χ0n) is 14.4. The summed E-state index contributed by atoms with van der Waals surface area (Å²) in [4.78, 5) is 26.5. The lowest BCUT2D eigenvalue weighted by molar-refractivity contribution is -0.389. The third-order valence-electron chi connectivity index (χ3n) is 5.57. The molecular formula is C16H20N6O4. The largest absolute Gasteiger partial charge is 0.389 e. The molecule has 138 valence electrons. The molecule has 2 heterocycles. The van der Waals surface area contributed by atoms with Crippen LogP contribution < -0.4 is 5.32 Å². The first-order valence-corrected chi connectivity index (χ1v) is 8.81. The monoisotopic (exact) mass is 360 g/mol. The van der Waals surface area contributed by atoms with Crippen molar-refractivity contribution in [3.8, 4) is 0 Å². The van der Waals surface area contributed by atoms with E-state index in [4.69, 9.17) is 4.52 Å². The van der Waals surface area contributed by atoms with Gasteiger partial charge < -0.3 is 20.0 Å². The summed E-state index contributed by atoms with van der Waals surface area (Å²) in [6.45, 7) is 2.12. The van der Waals surface area contributed by atoms with Gasteiger partial charge in [-0.1, -0.05) is 11.6 Å². The number of hydrogen-bond donors (Lipinski definition) is 1. The Kier molecular flexibility index (Phi) is 4.17. The molecular weight excluding hydrogens is 340 g/mol. The van der Waals surface area contributed by atoms with Gasteiger partial charge in [-0.25, -0.2) is 0 Å². The Morgan fingerprint density at radius 2 is 2.35 bits per heavy atom. The van der Waals surface area contributed by atoms with Gasteiger partial charge in [-0.15, -0.1) is 0 Å². The molecule has 2 aliphatic rings. The van der Waals surface area contributed by atoms with Crippen molar-refractivity contribution in [2.24, 2.45) is 17.8 Å². The molecule has 26 heavy (non-hydrogen) atoms. The molecule has 2 aromatic heterocycles. The summed E-state index contributed by atoms with van der Waals surface area (Å²) in [6, 6.07) is 1.35. The normalized spacial score (nSPS) is 25.3.